The van der Waals surface area contributed by atoms with Gasteiger partial charge in [-0.1, -0.05) is 22.0 Å². The van der Waals surface area contributed by atoms with Crippen LogP contribution in [0.2, 0.25) is 0 Å². The summed E-state index contributed by atoms with van der Waals surface area (Å²) < 4.78 is 27.8. The molecule has 0 aliphatic rings. The predicted octanol–water partition coefficient (Wildman–Crippen LogP) is 2.85. The molecule has 106 valence electrons. The monoisotopic (exact) mass is 356 g/mol. The molecule has 2 aromatic rings. The standard InChI is InChI=1S/C13H13BrN2O3S/c1-8-10(14)3-2-4-12(8)16-20(18,19)9-5-6-13(17)11(15)7-9/h2-7,16-17H,15H2,1H3. The molecule has 2 aromatic carbocycles. The van der Waals surface area contributed by atoms with Crippen LogP contribution < -0.4 is 10.5 Å². The third-order valence-electron chi connectivity index (χ3n) is 2.82. The Balaban J connectivity index is 2.41. The molecule has 0 saturated carbocycles. The molecule has 20 heavy (non-hydrogen) atoms. The maximum atomic E-state index is 12.3. The van der Waals surface area contributed by atoms with Crippen molar-refractivity contribution in [2.24, 2.45) is 0 Å². The van der Waals surface area contributed by atoms with E-state index < -0.39 is 10.0 Å². The lowest BCUT2D eigenvalue weighted by Crippen LogP contribution is -2.14. The molecule has 7 heteroatoms. The quantitative estimate of drug-likeness (QED) is 0.582. The fraction of sp³-hybridized carbons (Fsp3) is 0.0769. The zero-order valence-corrected chi connectivity index (χ0v) is 13.0. The number of aromatic hydroxyl groups is 1. The molecule has 0 amide bonds. The zero-order chi connectivity index (χ0) is 14.9. The lowest BCUT2D eigenvalue weighted by atomic mass is 10.2. The van der Waals surface area contributed by atoms with E-state index in [1.54, 1.807) is 19.1 Å². The van der Waals surface area contributed by atoms with Crippen molar-refractivity contribution in [3.05, 3.63) is 46.4 Å². The average molecular weight is 357 g/mol. The molecule has 5 nitrogen and oxygen atoms in total. The van der Waals surface area contributed by atoms with Crippen LogP contribution in [0.5, 0.6) is 5.75 Å². The second kappa shape index (κ2) is 5.34. The van der Waals surface area contributed by atoms with Gasteiger partial charge in [-0.05, 0) is 42.8 Å². The molecule has 0 radical (unpaired) electrons. The van der Waals surface area contributed by atoms with Gasteiger partial charge in [0.25, 0.3) is 10.0 Å². The Bertz CT molecular complexity index is 760. The number of anilines is 2. The number of phenolic OH excluding ortho intramolecular Hbond substituents is 1. The number of hydrogen-bond acceptors (Lipinski definition) is 4. The van der Waals surface area contributed by atoms with E-state index in [1.165, 1.54) is 18.2 Å². The number of hydrogen-bond donors (Lipinski definition) is 3. The Morgan fingerprint density at radius 1 is 1.25 bits per heavy atom. The Morgan fingerprint density at radius 3 is 2.60 bits per heavy atom. The summed E-state index contributed by atoms with van der Waals surface area (Å²) in [7, 11) is -3.75. The predicted molar refractivity (Wildman–Crippen MR) is 82.2 cm³/mol. The van der Waals surface area contributed by atoms with Crippen LogP contribution in [-0.4, -0.2) is 13.5 Å². The van der Waals surface area contributed by atoms with Crippen LogP contribution in [0.1, 0.15) is 5.56 Å². The summed E-state index contributed by atoms with van der Waals surface area (Å²) in [6.45, 7) is 1.80. The van der Waals surface area contributed by atoms with Gasteiger partial charge in [0.15, 0.2) is 0 Å². The molecule has 0 aromatic heterocycles. The summed E-state index contributed by atoms with van der Waals surface area (Å²) in [6.07, 6.45) is 0. The molecule has 0 spiro atoms. The van der Waals surface area contributed by atoms with Crippen LogP contribution in [0.4, 0.5) is 11.4 Å². The number of sulfonamides is 1. The SMILES string of the molecule is Cc1c(Br)cccc1NS(=O)(=O)c1ccc(O)c(N)c1. The molecule has 2 rings (SSSR count). The van der Waals surface area contributed by atoms with Crippen molar-refractivity contribution in [3.8, 4) is 5.75 Å². The van der Waals surface area contributed by atoms with E-state index in [-0.39, 0.29) is 16.3 Å². The van der Waals surface area contributed by atoms with Crippen LogP contribution in [0.15, 0.2) is 45.8 Å². The van der Waals surface area contributed by atoms with E-state index in [0.717, 1.165) is 10.0 Å². The molecule has 0 saturated heterocycles. The first-order chi connectivity index (χ1) is 9.31. The van der Waals surface area contributed by atoms with E-state index >= 15 is 0 Å². The Morgan fingerprint density at radius 2 is 1.95 bits per heavy atom. The second-order valence-electron chi connectivity index (χ2n) is 4.24. The second-order valence-corrected chi connectivity index (χ2v) is 6.78. The Hall–Kier alpha value is -1.73. The molecule has 0 bridgehead atoms. The highest BCUT2D eigenvalue weighted by atomic mass is 79.9. The average Bonchev–Trinajstić information content (AvgIpc) is 2.38. The van der Waals surface area contributed by atoms with Gasteiger partial charge in [-0.25, -0.2) is 8.42 Å². The van der Waals surface area contributed by atoms with E-state index in [4.69, 9.17) is 5.73 Å². The number of benzene rings is 2. The van der Waals surface area contributed by atoms with Gasteiger partial charge < -0.3 is 10.8 Å². The first-order valence-corrected chi connectivity index (χ1v) is 7.95. The van der Waals surface area contributed by atoms with Crippen LogP contribution in [-0.2, 0) is 10.0 Å². The first-order valence-electron chi connectivity index (χ1n) is 5.67. The minimum absolute atomic E-state index is 0.00724. The van der Waals surface area contributed by atoms with E-state index in [1.807, 2.05) is 6.07 Å². The summed E-state index contributed by atoms with van der Waals surface area (Å²) >= 11 is 3.34. The molecular weight excluding hydrogens is 344 g/mol. The van der Waals surface area contributed by atoms with Gasteiger partial charge in [0, 0.05) is 4.47 Å². The number of nitrogen functional groups attached to an aromatic ring is 1. The molecule has 0 atom stereocenters. The van der Waals surface area contributed by atoms with Crippen molar-refractivity contribution in [3.63, 3.8) is 0 Å². The lowest BCUT2D eigenvalue weighted by molar-refractivity contribution is 0.477. The van der Waals surface area contributed by atoms with Gasteiger partial charge in [0.1, 0.15) is 5.75 Å². The van der Waals surface area contributed by atoms with Crippen molar-refractivity contribution in [2.45, 2.75) is 11.8 Å². The molecule has 0 aliphatic carbocycles. The summed E-state index contributed by atoms with van der Waals surface area (Å²) in [4.78, 5) is -0.00724. The number of nitrogens with one attached hydrogen (secondary N) is 1. The van der Waals surface area contributed by atoms with Crippen molar-refractivity contribution in [1.29, 1.82) is 0 Å². The van der Waals surface area contributed by atoms with Crippen LogP contribution >= 0.6 is 15.9 Å². The molecule has 0 fully saturated rings. The minimum Gasteiger partial charge on any atom is -0.506 e. The number of rotatable bonds is 3. The summed E-state index contributed by atoms with van der Waals surface area (Å²) in [5.74, 6) is -0.150. The lowest BCUT2D eigenvalue weighted by Gasteiger charge is -2.12. The van der Waals surface area contributed by atoms with Gasteiger partial charge in [-0.2, -0.15) is 0 Å². The smallest absolute Gasteiger partial charge is 0.261 e. The molecular formula is C13H13BrN2O3S. The highest BCUT2D eigenvalue weighted by Crippen LogP contribution is 2.28. The Labute approximate surface area is 125 Å². The van der Waals surface area contributed by atoms with Crippen molar-refractivity contribution >= 4 is 37.3 Å². The minimum atomic E-state index is -3.75. The van der Waals surface area contributed by atoms with Gasteiger partial charge in [-0.15, -0.1) is 0 Å². The third-order valence-corrected chi connectivity index (χ3v) is 5.04. The van der Waals surface area contributed by atoms with Crippen molar-refractivity contribution in [2.75, 3.05) is 10.5 Å². The van der Waals surface area contributed by atoms with Gasteiger partial charge in [0.05, 0.1) is 16.3 Å². The molecule has 0 aliphatic heterocycles. The number of nitrogens with two attached hydrogens (primary N) is 1. The van der Waals surface area contributed by atoms with Crippen LogP contribution in [0.3, 0.4) is 0 Å². The third kappa shape index (κ3) is 2.88. The van der Waals surface area contributed by atoms with Gasteiger partial charge in [0.2, 0.25) is 0 Å². The van der Waals surface area contributed by atoms with E-state index in [2.05, 4.69) is 20.7 Å². The number of halogens is 1. The molecule has 0 unspecified atom stereocenters. The first kappa shape index (κ1) is 14.7. The normalized spacial score (nSPS) is 11.3. The topological polar surface area (TPSA) is 92.4 Å². The van der Waals surface area contributed by atoms with Crippen LogP contribution in [0.25, 0.3) is 0 Å². The van der Waals surface area contributed by atoms with E-state index in [0.29, 0.717) is 5.69 Å². The zero-order valence-electron chi connectivity index (χ0n) is 10.6. The van der Waals surface area contributed by atoms with Crippen LogP contribution in [0, 0.1) is 6.92 Å². The molecule has 4 N–H and O–H groups in total. The summed E-state index contributed by atoms with van der Waals surface area (Å²) in [5.41, 5.74) is 6.79. The summed E-state index contributed by atoms with van der Waals surface area (Å²) in [5, 5.41) is 9.33. The van der Waals surface area contributed by atoms with E-state index in [9.17, 15) is 13.5 Å². The van der Waals surface area contributed by atoms with Gasteiger partial charge in [-0.3, -0.25) is 4.72 Å². The highest BCUT2D eigenvalue weighted by Gasteiger charge is 2.17. The largest absolute Gasteiger partial charge is 0.506 e. The van der Waals surface area contributed by atoms with Gasteiger partial charge >= 0.3 is 0 Å². The highest BCUT2D eigenvalue weighted by molar-refractivity contribution is 9.10. The number of phenols is 1. The van der Waals surface area contributed by atoms with Crippen molar-refractivity contribution < 1.29 is 13.5 Å². The molecule has 0 heterocycles. The summed E-state index contributed by atoms with van der Waals surface area (Å²) in [6, 6.07) is 8.98. The Kier molecular flexibility index (Phi) is 3.92. The fourth-order valence-electron chi connectivity index (χ4n) is 1.62. The maximum Gasteiger partial charge on any atom is 0.261 e. The van der Waals surface area contributed by atoms with Crippen molar-refractivity contribution in [1.82, 2.24) is 0 Å². The fourth-order valence-corrected chi connectivity index (χ4v) is 3.15. The maximum absolute atomic E-state index is 12.3.